The molecule has 21 heavy (non-hydrogen) atoms. The number of benzene rings is 2. The van der Waals surface area contributed by atoms with Gasteiger partial charge in [0.15, 0.2) is 6.20 Å². The Balaban J connectivity index is 1.92. The van der Waals surface area contributed by atoms with Gasteiger partial charge in [-0.2, -0.15) is 4.57 Å². The molecular weight excluding hydrogens is 254 g/mol. The Hall–Kier alpha value is -1.89. The van der Waals surface area contributed by atoms with Crippen molar-refractivity contribution in [2.24, 2.45) is 0 Å². The third kappa shape index (κ3) is 3.07. The Morgan fingerprint density at radius 3 is 2.33 bits per heavy atom. The topological polar surface area (TPSA) is 3.88 Å². The van der Waals surface area contributed by atoms with Gasteiger partial charge in [0.25, 0.3) is 0 Å². The fraction of sp³-hybridized carbons (Fsp3) is 0.350. The van der Waals surface area contributed by atoms with E-state index in [0.29, 0.717) is 0 Å². The van der Waals surface area contributed by atoms with Crippen molar-refractivity contribution in [2.45, 2.75) is 45.6 Å². The van der Waals surface area contributed by atoms with E-state index >= 15 is 0 Å². The van der Waals surface area contributed by atoms with Gasteiger partial charge < -0.3 is 0 Å². The number of fused-ring (bicyclic) bond motifs is 3. The van der Waals surface area contributed by atoms with Crippen LogP contribution in [0.2, 0.25) is 0 Å². The number of unbranched alkanes of at least 4 members (excludes halogenated alkanes) is 4. The molecule has 0 amide bonds. The summed E-state index contributed by atoms with van der Waals surface area (Å²) in [6, 6.07) is 17.5. The van der Waals surface area contributed by atoms with Gasteiger partial charge in [-0.05, 0) is 18.6 Å². The SMILES string of the molecule is CCCCCCC[n+]1cc2ccccc2c2ccccc21. The van der Waals surface area contributed by atoms with Crippen molar-refractivity contribution < 1.29 is 4.57 Å². The van der Waals surface area contributed by atoms with E-state index in [4.69, 9.17) is 0 Å². The molecule has 1 aromatic heterocycles. The molecule has 3 aromatic rings. The van der Waals surface area contributed by atoms with Crippen molar-refractivity contribution >= 4 is 21.7 Å². The molecule has 0 bridgehead atoms. The minimum absolute atomic E-state index is 1.12. The van der Waals surface area contributed by atoms with E-state index in [-0.39, 0.29) is 0 Å². The number of pyridine rings is 1. The summed E-state index contributed by atoms with van der Waals surface area (Å²) in [5.41, 5.74) is 1.35. The van der Waals surface area contributed by atoms with Crippen LogP contribution in [0.5, 0.6) is 0 Å². The highest BCUT2D eigenvalue weighted by Crippen LogP contribution is 2.22. The summed E-state index contributed by atoms with van der Waals surface area (Å²) in [6.07, 6.45) is 8.96. The lowest BCUT2D eigenvalue weighted by Crippen LogP contribution is -2.34. The van der Waals surface area contributed by atoms with Gasteiger partial charge in [0, 0.05) is 23.3 Å². The second-order valence-corrected chi connectivity index (χ2v) is 5.84. The summed E-state index contributed by atoms with van der Waals surface area (Å²) in [6.45, 7) is 3.39. The standard InChI is InChI=1S/C20H24N/c1-2-3-4-5-10-15-21-16-17-11-6-7-12-18(17)19-13-8-9-14-20(19)21/h6-9,11-14,16H,2-5,10,15H2,1H3/q+1. The summed E-state index contributed by atoms with van der Waals surface area (Å²) in [5.74, 6) is 0. The highest BCUT2D eigenvalue weighted by Gasteiger charge is 2.11. The highest BCUT2D eigenvalue weighted by atomic mass is 14.9. The van der Waals surface area contributed by atoms with Crippen LogP contribution >= 0.6 is 0 Å². The molecule has 0 spiro atoms. The molecule has 2 aromatic carbocycles. The Kier molecular flexibility index (Phi) is 4.49. The van der Waals surface area contributed by atoms with E-state index in [9.17, 15) is 0 Å². The molecule has 0 fully saturated rings. The Morgan fingerprint density at radius 2 is 1.48 bits per heavy atom. The van der Waals surface area contributed by atoms with Crippen LogP contribution in [-0.4, -0.2) is 0 Å². The molecule has 0 aliphatic heterocycles. The molecule has 0 unspecified atom stereocenters. The van der Waals surface area contributed by atoms with Crippen LogP contribution in [0.25, 0.3) is 21.7 Å². The number of nitrogens with zero attached hydrogens (tertiary/aromatic N) is 1. The average Bonchev–Trinajstić information content (AvgIpc) is 2.54. The van der Waals surface area contributed by atoms with Crippen LogP contribution in [-0.2, 0) is 6.54 Å². The van der Waals surface area contributed by atoms with Gasteiger partial charge in [0.2, 0.25) is 5.52 Å². The van der Waals surface area contributed by atoms with E-state index < -0.39 is 0 Å². The number of aromatic nitrogens is 1. The van der Waals surface area contributed by atoms with E-state index in [1.807, 2.05) is 0 Å². The average molecular weight is 278 g/mol. The van der Waals surface area contributed by atoms with E-state index in [1.54, 1.807) is 0 Å². The number of hydrogen-bond donors (Lipinski definition) is 0. The van der Waals surface area contributed by atoms with Crippen molar-refractivity contribution in [3.05, 3.63) is 54.7 Å². The van der Waals surface area contributed by atoms with E-state index in [2.05, 4.69) is 66.2 Å². The minimum Gasteiger partial charge on any atom is -0.198 e. The first kappa shape index (κ1) is 14.1. The monoisotopic (exact) mass is 278 g/mol. The van der Waals surface area contributed by atoms with Crippen LogP contribution in [0, 0.1) is 0 Å². The van der Waals surface area contributed by atoms with Gasteiger partial charge in [0.1, 0.15) is 6.54 Å². The van der Waals surface area contributed by atoms with Crippen LogP contribution in [0.1, 0.15) is 39.0 Å². The van der Waals surface area contributed by atoms with E-state index in [0.717, 1.165) is 6.54 Å². The highest BCUT2D eigenvalue weighted by molar-refractivity contribution is 6.03. The van der Waals surface area contributed by atoms with E-state index in [1.165, 1.54) is 53.8 Å². The first-order valence-corrected chi connectivity index (χ1v) is 8.20. The number of aryl methyl sites for hydroxylation is 1. The smallest absolute Gasteiger partial charge is 0.198 e. The lowest BCUT2D eigenvalue weighted by molar-refractivity contribution is -0.670. The zero-order chi connectivity index (χ0) is 14.5. The summed E-state index contributed by atoms with van der Waals surface area (Å²) in [5, 5.41) is 4.06. The molecule has 0 atom stereocenters. The minimum atomic E-state index is 1.12. The Morgan fingerprint density at radius 1 is 0.762 bits per heavy atom. The molecule has 1 nitrogen and oxygen atoms in total. The summed E-state index contributed by atoms with van der Waals surface area (Å²) in [4.78, 5) is 0. The van der Waals surface area contributed by atoms with Gasteiger partial charge in [0.05, 0.1) is 5.39 Å². The number of hydrogen-bond acceptors (Lipinski definition) is 0. The molecule has 0 aliphatic carbocycles. The zero-order valence-electron chi connectivity index (χ0n) is 12.9. The first-order valence-electron chi connectivity index (χ1n) is 8.20. The molecule has 3 rings (SSSR count). The van der Waals surface area contributed by atoms with Crippen molar-refractivity contribution in [1.29, 1.82) is 0 Å². The van der Waals surface area contributed by atoms with Gasteiger partial charge in [-0.3, -0.25) is 0 Å². The first-order chi connectivity index (χ1) is 10.4. The fourth-order valence-corrected chi connectivity index (χ4v) is 3.11. The summed E-state index contributed by atoms with van der Waals surface area (Å²) in [7, 11) is 0. The molecule has 108 valence electrons. The molecule has 0 saturated heterocycles. The third-order valence-corrected chi connectivity index (χ3v) is 4.26. The van der Waals surface area contributed by atoms with Crippen LogP contribution in [0.15, 0.2) is 54.7 Å². The number of rotatable bonds is 6. The van der Waals surface area contributed by atoms with Crippen molar-refractivity contribution in [2.75, 3.05) is 0 Å². The molecule has 0 radical (unpaired) electrons. The normalized spacial score (nSPS) is 11.3. The third-order valence-electron chi connectivity index (χ3n) is 4.26. The van der Waals surface area contributed by atoms with Crippen molar-refractivity contribution in [3.63, 3.8) is 0 Å². The van der Waals surface area contributed by atoms with Crippen LogP contribution in [0.3, 0.4) is 0 Å². The molecule has 0 saturated carbocycles. The predicted molar refractivity (Wildman–Crippen MR) is 90.4 cm³/mol. The molecule has 0 aliphatic rings. The Labute approximate surface area is 127 Å². The molecule has 1 heteroatoms. The second-order valence-electron chi connectivity index (χ2n) is 5.84. The predicted octanol–water partition coefficient (Wildman–Crippen LogP) is 5.25. The molecule has 0 N–H and O–H groups in total. The Bertz CT molecular complexity index is 730. The second kappa shape index (κ2) is 6.71. The van der Waals surface area contributed by atoms with Crippen molar-refractivity contribution in [3.8, 4) is 0 Å². The molecule has 1 heterocycles. The molecular formula is C20H24N+. The van der Waals surface area contributed by atoms with Gasteiger partial charge in [-0.25, -0.2) is 0 Å². The largest absolute Gasteiger partial charge is 0.213 e. The summed E-state index contributed by atoms with van der Waals surface area (Å²) < 4.78 is 2.43. The summed E-state index contributed by atoms with van der Waals surface area (Å²) >= 11 is 0. The van der Waals surface area contributed by atoms with Gasteiger partial charge >= 0.3 is 0 Å². The number of para-hydroxylation sites is 1. The maximum absolute atomic E-state index is 2.43. The maximum atomic E-state index is 2.43. The van der Waals surface area contributed by atoms with Crippen LogP contribution in [0.4, 0.5) is 0 Å². The van der Waals surface area contributed by atoms with Crippen molar-refractivity contribution in [1.82, 2.24) is 0 Å². The van der Waals surface area contributed by atoms with Gasteiger partial charge in [-0.1, -0.05) is 56.5 Å². The fourth-order valence-electron chi connectivity index (χ4n) is 3.11. The van der Waals surface area contributed by atoms with Gasteiger partial charge in [-0.15, -0.1) is 0 Å². The quantitative estimate of drug-likeness (QED) is 0.329. The lowest BCUT2D eigenvalue weighted by atomic mass is 10.1. The zero-order valence-corrected chi connectivity index (χ0v) is 12.9. The lowest BCUT2D eigenvalue weighted by Gasteiger charge is -2.05. The van der Waals surface area contributed by atoms with Crippen LogP contribution < -0.4 is 4.57 Å². The maximum Gasteiger partial charge on any atom is 0.213 e.